The van der Waals surface area contributed by atoms with Gasteiger partial charge < -0.3 is 4.90 Å². The van der Waals surface area contributed by atoms with Gasteiger partial charge in [-0.05, 0) is 64.6 Å². The van der Waals surface area contributed by atoms with Gasteiger partial charge >= 0.3 is 0 Å². The lowest BCUT2D eigenvalue weighted by Gasteiger charge is -2.33. The Kier molecular flexibility index (Phi) is 4.67. The first kappa shape index (κ1) is 14.6. The quantitative estimate of drug-likeness (QED) is 0.750. The van der Waals surface area contributed by atoms with E-state index in [1.807, 2.05) is 0 Å². The highest BCUT2D eigenvalue weighted by atomic mass is 15.1. The van der Waals surface area contributed by atoms with Crippen LogP contribution in [0.2, 0.25) is 0 Å². The van der Waals surface area contributed by atoms with E-state index in [-0.39, 0.29) is 0 Å². The molecule has 1 aromatic rings. The predicted molar refractivity (Wildman–Crippen MR) is 83.7 cm³/mol. The van der Waals surface area contributed by atoms with Gasteiger partial charge in [0.25, 0.3) is 0 Å². The van der Waals surface area contributed by atoms with Crippen LogP contribution in [0.5, 0.6) is 0 Å². The Bertz CT molecular complexity index is 385. The standard InChI is InChI=1S/C18H29N/c1-15(2)19(4)14-13-18(11-5-6-12-18)17-9-7-16(3)8-10-17/h7-10,15H,5-6,11-14H2,1-4H3. The van der Waals surface area contributed by atoms with Crippen LogP contribution in [-0.2, 0) is 5.41 Å². The minimum absolute atomic E-state index is 0.455. The van der Waals surface area contributed by atoms with Gasteiger partial charge in [-0.15, -0.1) is 0 Å². The molecule has 0 N–H and O–H groups in total. The molecule has 0 aromatic heterocycles. The second-order valence-electron chi connectivity index (χ2n) is 6.68. The molecule has 0 spiro atoms. The summed E-state index contributed by atoms with van der Waals surface area (Å²) in [5.74, 6) is 0. The Morgan fingerprint density at radius 1 is 1.11 bits per heavy atom. The lowest BCUT2D eigenvalue weighted by molar-refractivity contribution is 0.237. The summed E-state index contributed by atoms with van der Waals surface area (Å²) in [6.07, 6.45) is 6.87. The van der Waals surface area contributed by atoms with Crippen LogP contribution in [0.25, 0.3) is 0 Å². The third kappa shape index (κ3) is 3.39. The van der Waals surface area contributed by atoms with Gasteiger partial charge in [0.1, 0.15) is 0 Å². The molecule has 0 aliphatic heterocycles. The van der Waals surface area contributed by atoms with Crippen molar-refractivity contribution >= 4 is 0 Å². The third-order valence-electron chi connectivity index (χ3n) is 5.05. The van der Waals surface area contributed by atoms with E-state index < -0.39 is 0 Å². The third-order valence-corrected chi connectivity index (χ3v) is 5.05. The van der Waals surface area contributed by atoms with E-state index in [0.717, 1.165) is 0 Å². The zero-order valence-electron chi connectivity index (χ0n) is 13.1. The van der Waals surface area contributed by atoms with E-state index in [1.54, 1.807) is 5.56 Å². The normalized spacial score (nSPS) is 18.4. The summed E-state index contributed by atoms with van der Waals surface area (Å²) in [6, 6.07) is 9.95. The van der Waals surface area contributed by atoms with Crippen molar-refractivity contribution in [3.8, 4) is 0 Å². The average Bonchev–Trinajstić information content (AvgIpc) is 2.86. The topological polar surface area (TPSA) is 3.24 Å². The molecule has 0 saturated heterocycles. The van der Waals surface area contributed by atoms with Gasteiger partial charge in [-0.25, -0.2) is 0 Å². The van der Waals surface area contributed by atoms with E-state index in [9.17, 15) is 0 Å². The Morgan fingerprint density at radius 3 is 2.21 bits per heavy atom. The van der Waals surface area contributed by atoms with Crippen molar-refractivity contribution in [1.29, 1.82) is 0 Å². The van der Waals surface area contributed by atoms with Crippen LogP contribution < -0.4 is 0 Å². The van der Waals surface area contributed by atoms with Gasteiger partial charge in [-0.2, -0.15) is 0 Å². The molecule has 1 saturated carbocycles. The highest BCUT2D eigenvalue weighted by Gasteiger charge is 2.35. The number of benzene rings is 1. The Balaban J connectivity index is 2.11. The molecular formula is C18H29N. The Morgan fingerprint density at radius 2 is 1.68 bits per heavy atom. The smallest absolute Gasteiger partial charge is 0.00355 e. The summed E-state index contributed by atoms with van der Waals surface area (Å²) < 4.78 is 0. The summed E-state index contributed by atoms with van der Waals surface area (Å²) in [5.41, 5.74) is 3.40. The maximum absolute atomic E-state index is 2.48. The largest absolute Gasteiger partial charge is 0.304 e. The van der Waals surface area contributed by atoms with E-state index in [4.69, 9.17) is 0 Å². The molecule has 0 bridgehead atoms. The van der Waals surface area contributed by atoms with Gasteiger partial charge in [0.2, 0.25) is 0 Å². The number of nitrogens with zero attached hydrogens (tertiary/aromatic N) is 1. The molecule has 1 nitrogen and oxygen atoms in total. The fourth-order valence-corrected chi connectivity index (χ4v) is 3.29. The maximum atomic E-state index is 2.48. The second kappa shape index (κ2) is 6.09. The van der Waals surface area contributed by atoms with Crippen molar-refractivity contribution in [3.63, 3.8) is 0 Å². The van der Waals surface area contributed by atoms with E-state index in [1.165, 1.54) is 44.2 Å². The van der Waals surface area contributed by atoms with Crippen molar-refractivity contribution in [2.45, 2.75) is 64.3 Å². The molecular weight excluding hydrogens is 230 g/mol. The number of rotatable bonds is 5. The second-order valence-corrected chi connectivity index (χ2v) is 6.68. The molecule has 19 heavy (non-hydrogen) atoms. The highest BCUT2D eigenvalue weighted by molar-refractivity contribution is 5.29. The lowest BCUT2D eigenvalue weighted by Crippen LogP contribution is -2.33. The van der Waals surface area contributed by atoms with Crippen LogP contribution in [0.3, 0.4) is 0 Å². The molecule has 0 amide bonds. The zero-order valence-corrected chi connectivity index (χ0v) is 13.1. The van der Waals surface area contributed by atoms with Gasteiger partial charge in [-0.3, -0.25) is 0 Å². The molecule has 1 heteroatoms. The summed E-state index contributed by atoms with van der Waals surface area (Å²) in [7, 11) is 2.25. The lowest BCUT2D eigenvalue weighted by atomic mass is 9.76. The Hall–Kier alpha value is -0.820. The molecule has 2 rings (SSSR count). The first-order chi connectivity index (χ1) is 9.03. The Labute approximate surface area is 119 Å². The maximum Gasteiger partial charge on any atom is 0.00355 e. The van der Waals surface area contributed by atoms with E-state index >= 15 is 0 Å². The van der Waals surface area contributed by atoms with Crippen molar-refractivity contribution in [2.75, 3.05) is 13.6 Å². The predicted octanol–water partition coefficient (Wildman–Crippen LogP) is 4.54. The van der Waals surface area contributed by atoms with Crippen LogP contribution in [0.4, 0.5) is 0 Å². The average molecular weight is 259 g/mol. The summed E-state index contributed by atoms with van der Waals surface area (Å²) in [4.78, 5) is 2.48. The number of aryl methyl sites for hydroxylation is 1. The first-order valence-corrected chi connectivity index (χ1v) is 7.81. The zero-order chi connectivity index (χ0) is 13.9. The number of hydrogen-bond donors (Lipinski definition) is 0. The molecule has 1 aromatic carbocycles. The van der Waals surface area contributed by atoms with Gasteiger partial charge in [-0.1, -0.05) is 42.7 Å². The van der Waals surface area contributed by atoms with Crippen LogP contribution in [-0.4, -0.2) is 24.5 Å². The molecule has 1 fully saturated rings. The van der Waals surface area contributed by atoms with Crippen LogP contribution in [0, 0.1) is 6.92 Å². The van der Waals surface area contributed by atoms with Crippen molar-refractivity contribution in [1.82, 2.24) is 4.90 Å². The molecule has 106 valence electrons. The fourth-order valence-electron chi connectivity index (χ4n) is 3.29. The van der Waals surface area contributed by atoms with Crippen molar-refractivity contribution < 1.29 is 0 Å². The minimum Gasteiger partial charge on any atom is -0.304 e. The number of hydrogen-bond acceptors (Lipinski definition) is 1. The summed E-state index contributed by atoms with van der Waals surface area (Å²) >= 11 is 0. The van der Waals surface area contributed by atoms with Crippen LogP contribution >= 0.6 is 0 Å². The van der Waals surface area contributed by atoms with E-state index in [0.29, 0.717) is 11.5 Å². The molecule has 0 atom stereocenters. The van der Waals surface area contributed by atoms with Gasteiger partial charge in [0, 0.05) is 6.04 Å². The van der Waals surface area contributed by atoms with Gasteiger partial charge in [0.15, 0.2) is 0 Å². The molecule has 1 aliphatic carbocycles. The monoisotopic (exact) mass is 259 g/mol. The fraction of sp³-hybridized carbons (Fsp3) is 0.667. The van der Waals surface area contributed by atoms with Crippen molar-refractivity contribution in [2.24, 2.45) is 0 Å². The minimum atomic E-state index is 0.455. The molecule has 0 unspecified atom stereocenters. The molecule has 1 aliphatic rings. The van der Waals surface area contributed by atoms with E-state index in [2.05, 4.69) is 57.0 Å². The molecule has 0 radical (unpaired) electrons. The van der Waals surface area contributed by atoms with Crippen LogP contribution in [0.1, 0.15) is 57.1 Å². The first-order valence-electron chi connectivity index (χ1n) is 7.81. The molecule has 0 heterocycles. The summed E-state index contributed by atoms with van der Waals surface area (Å²) in [6.45, 7) is 7.96. The van der Waals surface area contributed by atoms with Gasteiger partial charge in [0.05, 0.1) is 0 Å². The summed E-state index contributed by atoms with van der Waals surface area (Å²) in [5, 5.41) is 0. The SMILES string of the molecule is Cc1ccc(C2(CCN(C)C(C)C)CCCC2)cc1. The highest BCUT2D eigenvalue weighted by Crippen LogP contribution is 2.44. The van der Waals surface area contributed by atoms with Crippen molar-refractivity contribution in [3.05, 3.63) is 35.4 Å². The van der Waals surface area contributed by atoms with Crippen LogP contribution in [0.15, 0.2) is 24.3 Å².